The molecule has 2 heterocycles. The molecule has 1 aromatic rings. The highest BCUT2D eigenvalue weighted by Gasteiger charge is 2.77. The molecule has 31 heavy (non-hydrogen) atoms. The van der Waals surface area contributed by atoms with Crippen molar-refractivity contribution < 1.29 is 61.5 Å². The van der Waals surface area contributed by atoms with Crippen molar-refractivity contribution in [3.63, 3.8) is 0 Å². The van der Waals surface area contributed by atoms with Gasteiger partial charge >= 0.3 is 36.0 Å². The molecule has 0 N–H and O–H groups in total. The van der Waals surface area contributed by atoms with Crippen molar-refractivity contribution in [3.05, 3.63) is 10.6 Å². The van der Waals surface area contributed by atoms with Crippen molar-refractivity contribution in [1.29, 1.82) is 0 Å². The van der Waals surface area contributed by atoms with Gasteiger partial charge in [0.15, 0.2) is 5.13 Å². The van der Waals surface area contributed by atoms with Crippen LogP contribution in [0.5, 0.6) is 0 Å². The summed E-state index contributed by atoms with van der Waals surface area (Å²) in [5.74, 6) is 0. The van der Waals surface area contributed by atoms with E-state index in [9.17, 15) is 61.5 Å². The van der Waals surface area contributed by atoms with Gasteiger partial charge in [-0.3, -0.25) is 0 Å². The van der Waals surface area contributed by atoms with Crippen molar-refractivity contribution in [3.8, 4) is 0 Å². The van der Waals surface area contributed by atoms with Crippen molar-refractivity contribution in [2.75, 3.05) is 18.0 Å². The molecule has 180 valence electrons. The van der Waals surface area contributed by atoms with Crippen LogP contribution in [0.15, 0.2) is 0 Å². The lowest BCUT2D eigenvalue weighted by atomic mass is 9.93. The fraction of sp³-hybridized carbons (Fsp3) is 0.786. The fourth-order valence-electron chi connectivity index (χ4n) is 2.78. The van der Waals surface area contributed by atoms with Crippen LogP contribution in [0.1, 0.15) is 23.4 Å². The Morgan fingerprint density at radius 2 is 1.10 bits per heavy atom. The smallest absolute Gasteiger partial charge is 0.348 e. The summed E-state index contributed by atoms with van der Waals surface area (Å²) < 4.78 is 184. The Labute approximate surface area is 167 Å². The van der Waals surface area contributed by atoms with Gasteiger partial charge in [0.25, 0.3) is 0 Å². The lowest BCUT2D eigenvalue weighted by Crippen LogP contribution is -2.55. The van der Waals surface area contributed by atoms with Gasteiger partial charge in [-0.05, 0) is 12.8 Å². The third-order valence-electron chi connectivity index (χ3n) is 4.47. The van der Waals surface area contributed by atoms with Crippen LogP contribution < -0.4 is 4.90 Å². The number of alkyl halides is 14. The number of anilines is 1. The third kappa shape index (κ3) is 4.25. The fourth-order valence-corrected chi connectivity index (χ4v) is 4.04. The van der Waals surface area contributed by atoms with Crippen molar-refractivity contribution in [2.24, 2.45) is 0 Å². The predicted molar refractivity (Wildman–Crippen MR) is 78.1 cm³/mol. The van der Waals surface area contributed by atoms with E-state index in [0.29, 0.717) is 12.8 Å². The predicted octanol–water partition coefficient (Wildman–Crippen LogP) is 6.41. The number of hydrogen-bond acceptors (Lipinski definition) is 3. The molecule has 0 saturated carbocycles. The molecule has 1 saturated heterocycles. The zero-order chi connectivity index (χ0) is 24.3. The number of rotatable bonds is 4. The van der Waals surface area contributed by atoms with Crippen LogP contribution in [0, 0.1) is 0 Å². The van der Waals surface area contributed by atoms with E-state index in [1.807, 2.05) is 0 Å². The molecule has 17 heteroatoms. The number of nitrogens with zero attached hydrogens (tertiary/aromatic N) is 2. The third-order valence-corrected chi connectivity index (χ3v) is 5.72. The average molecular weight is 504 g/mol. The molecule has 2 rings (SSSR count). The maximum Gasteiger partial charge on any atom is 0.436 e. The van der Waals surface area contributed by atoms with Crippen molar-refractivity contribution >= 4 is 16.5 Å². The lowest BCUT2D eigenvalue weighted by molar-refractivity contribution is -0.349. The highest BCUT2D eigenvalue weighted by atomic mass is 32.1. The SMILES string of the molecule is FC(F)(F)C(F)(Cc1nc(N2CCCC2)sc1C(F)(C(F)(F)F)C(F)(F)F)C(F)(F)F. The minimum absolute atomic E-state index is 0.0664. The maximum atomic E-state index is 14.5. The summed E-state index contributed by atoms with van der Waals surface area (Å²) in [6.45, 7) is -0.133. The second-order valence-corrected chi connectivity index (χ2v) is 7.57. The van der Waals surface area contributed by atoms with Gasteiger partial charge in [0.05, 0.1) is 10.6 Å². The molecule has 1 aliphatic heterocycles. The van der Waals surface area contributed by atoms with Crippen LogP contribution in [0.3, 0.4) is 0 Å². The zero-order valence-electron chi connectivity index (χ0n) is 14.6. The molecule has 0 aliphatic carbocycles. The Morgan fingerprint density at radius 1 is 0.677 bits per heavy atom. The van der Waals surface area contributed by atoms with E-state index in [-0.39, 0.29) is 13.1 Å². The first-order chi connectivity index (χ1) is 13.7. The summed E-state index contributed by atoms with van der Waals surface area (Å²) in [4.78, 5) is 1.28. The summed E-state index contributed by atoms with van der Waals surface area (Å²) in [6.07, 6.45) is -29.8. The average Bonchev–Trinajstić information content (AvgIpc) is 3.18. The molecule has 1 fully saturated rings. The first-order valence-corrected chi connectivity index (χ1v) is 8.88. The molecule has 0 radical (unpaired) electrons. The van der Waals surface area contributed by atoms with Crippen LogP contribution in [0.2, 0.25) is 0 Å². The molecular formula is C14H10F14N2S. The van der Waals surface area contributed by atoms with Gasteiger partial charge < -0.3 is 4.90 Å². The van der Waals surface area contributed by atoms with Gasteiger partial charge in [0, 0.05) is 19.5 Å². The Hall–Kier alpha value is -1.55. The largest absolute Gasteiger partial charge is 0.436 e. The second-order valence-electron chi connectivity index (χ2n) is 6.59. The minimum atomic E-state index is -6.84. The van der Waals surface area contributed by atoms with E-state index in [1.54, 1.807) is 0 Å². The Balaban J connectivity index is 2.77. The van der Waals surface area contributed by atoms with E-state index in [4.69, 9.17) is 0 Å². The Bertz CT molecular complexity index is 753. The van der Waals surface area contributed by atoms with Crippen LogP contribution in [0.4, 0.5) is 66.6 Å². The van der Waals surface area contributed by atoms with Gasteiger partial charge in [0.2, 0.25) is 0 Å². The Kier molecular flexibility index (Phi) is 6.22. The molecule has 0 spiro atoms. The Morgan fingerprint density at radius 3 is 1.45 bits per heavy atom. The molecule has 0 unspecified atom stereocenters. The van der Waals surface area contributed by atoms with E-state index in [0.717, 1.165) is 4.90 Å². The van der Waals surface area contributed by atoms with E-state index < -0.39 is 69.5 Å². The molecule has 1 aromatic heterocycles. The highest BCUT2D eigenvalue weighted by Crippen LogP contribution is 2.58. The monoisotopic (exact) mass is 504 g/mol. The molecule has 0 atom stereocenters. The standard InChI is InChI=1S/C14H10F14N2S/c15-9(11(17,18)19,12(20,21)22)5-6-7(10(16,13(23,24)25)14(26,27)28)31-8(29-6)30-3-1-2-4-30/h1-5H2. The molecule has 0 bridgehead atoms. The molecule has 0 aromatic carbocycles. The normalized spacial score (nSPS) is 17.5. The summed E-state index contributed by atoms with van der Waals surface area (Å²) in [5, 5.41) is -0.885. The first-order valence-electron chi connectivity index (χ1n) is 8.06. The van der Waals surface area contributed by atoms with Gasteiger partial charge in [-0.25, -0.2) is 13.8 Å². The van der Waals surface area contributed by atoms with E-state index in [2.05, 4.69) is 4.98 Å². The number of aromatic nitrogens is 1. The van der Waals surface area contributed by atoms with E-state index in [1.165, 1.54) is 0 Å². The summed E-state index contributed by atoms with van der Waals surface area (Å²) >= 11 is -0.722. The maximum absolute atomic E-state index is 14.5. The van der Waals surface area contributed by atoms with Gasteiger partial charge in [0.1, 0.15) is 0 Å². The summed E-state index contributed by atoms with van der Waals surface area (Å²) in [5.41, 5.74) is -14.9. The summed E-state index contributed by atoms with van der Waals surface area (Å²) in [7, 11) is 0. The number of halogens is 14. The van der Waals surface area contributed by atoms with Crippen LogP contribution in [0.25, 0.3) is 0 Å². The van der Waals surface area contributed by atoms with E-state index >= 15 is 0 Å². The topological polar surface area (TPSA) is 16.1 Å². The van der Waals surface area contributed by atoms with Gasteiger partial charge in [-0.2, -0.15) is 52.7 Å². The highest BCUT2D eigenvalue weighted by molar-refractivity contribution is 7.15. The van der Waals surface area contributed by atoms with Crippen molar-refractivity contribution in [1.82, 2.24) is 4.98 Å². The summed E-state index contributed by atoms with van der Waals surface area (Å²) in [6, 6.07) is 0. The lowest BCUT2D eigenvalue weighted by Gasteiger charge is -2.32. The van der Waals surface area contributed by atoms with Gasteiger partial charge in [-0.1, -0.05) is 11.3 Å². The molecule has 2 nitrogen and oxygen atoms in total. The van der Waals surface area contributed by atoms with Crippen molar-refractivity contribution in [2.45, 2.75) is 55.3 Å². The molecular weight excluding hydrogens is 494 g/mol. The molecule has 0 amide bonds. The minimum Gasteiger partial charge on any atom is -0.348 e. The first kappa shape index (κ1) is 25.7. The zero-order valence-corrected chi connectivity index (χ0v) is 15.4. The van der Waals surface area contributed by atoms with Crippen LogP contribution >= 0.6 is 11.3 Å². The van der Waals surface area contributed by atoms with Crippen LogP contribution in [-0.4, -0.2) is 48.4 Å². The van der Waals surface area contributed by atoms with Gasteiger partial charge in [-0.15, -0.1) is 0 Å². The van der Waals surface area contributed by atoms with Crippen LogP contribution in [-0.2, 0) is 12.1 Å². The second kappa shape index (κ2) is 7.50. The molecule has 1 aliphatic rings. The number of thiazole rings is 1. The number of hydrogen-bond donors (Lipinski definition) is 0. The quantitative estimate of drug-likeness (QED) is 0.441.